The molecule has 3 fully saturated rings. The van der Waals surface area contributed by atoms with Crippen molar-refractivity contribution in [1.29, 1.82) is 0 Å². The number of piperidine rings is 1. The van der Waals surface area contributed by atoms with Gasteiger partial charge >= 0.3 is 0 Å². The Hall–Kier alpha value is -1.65. The van der Waals surface area contributed by atoms with Crippen molar-refractivity contribution in [2.75, 3.05) is 49.2 Å². The van der Waals surface area contributed by atoms with Gasteiger partial charge in [0, 0.05) is 48.1 Å². The Morgan fingerprint density at radius 2 is 1.89 bits per heavy atom. The molecule has 2 aromatic rings. The van der Waals surface area contributed by atoms with Crippen molar-refractivity contribution in [1.82, 2.24) is 15.0 Å². The minimum absolute atomic E-state index is 0.110. The number of nitrogens with zero attached hydrogens (tertiary/aromatic N) is 5. The molecule has 0 aromatic carbocycles. The summed E-state index contributed by atoms with van der Waals surface area (Å²) in [7, 11) is 0. The molecule has 0 amide bonds. The van der Waals surface area contributed by atoms with E-state index in [1.165, 1.54) is 11.8 Å². The summed E-state index contributed by atoms with van der Waals surface area (Å²) in [6, 6.07) is 1.87. The molecule has 2 aromatic heterocycles. The van der Waals surface area contributed by atoms with Gasteiger partial charge in [0.25, 0.3) is 0 Å². The number of halogens is 1. The van der Waals surface area contributed by atoms with Crippen molar-refractivity contribution in [2.45, 2.75) is 56.2 Å². The minimum atomic E-state index is -0.169. The van der Waals surface area contributed by atoms with Gasteiger partial charge in [-0.25, -0.2) is 15.0 Å². The SMILES string of the molecule is C[C@@H]1OCC2(CCN(c3ncc(Sc4ccnc(N5CC(C)(CO)C5)c4Cl)nc3CO)CC2)[C@@H]1C. The maximum atomic E-state index is 10.1. The number of aliphatic hydroxyl groups is 2. The first kappa shape index (κ1) is 25.0. The maximum absolute atomic E-state index is 10.1. The zero-order valence-electron chi connectivity index (χ0n) is 20.6. The molecule has 0 aliphatic carbocycles. The minimum Gasteiger partial charge on any atom is -0.396 e. The zero-order valence-corrected chi connectivity index (χ0v) is 22.1. The van der Waals surface area contributed by atoms with E-state index in [2.05, 4.69) is 28.6 Å². The van der Waals surface area contributed by atoms with E-state index in [-0.39, 0.29) is 24.0 Å². The Morgan fingerprint density at radius 1 is 1.14 bits per heavy atom. The second-order valence-electron chi connectivity index (χ2n) is 10.7. The third-order valence-electron chi connectivity index (χ3n) is 8.19. The fraction of sp³-hybridized carbons (Fsp3) is 0.640. The number of pyridine rings is 1. The molecule has 0 radical (unpaired) electrons. The van der Waals surface area contributed by atoms with Crippen LogP contribution in [0.4, 0.5) is 11.6 Å². The fourth-order valence-corrected chi connectivity index (χ4v) is 6.75. The first-order valence-corrected chi connectivity index (χ1v) is 13.5. The van der Waals surface area contributed by atoms with Crippen molar-refractivity contribution in [3.8, 4) is 0 Å². The Bertz CT molecular complexity index is 1080. The third kappa shape index (κ3) is 4.62. The summed E-state index contributed by atoms with van der Waals surface area (Å²) in [5.74, 6) is 2.03. The zero-order chi connectivity index (χ0) is 24.8. The highest BCUT2D eigenvalue weighted by atomic mass is 35.5. The monoisotopic (exact) mass is 519 g/mol. The number of hydrogen-bond acceptors (Lipinski definition) is 9. The average molecular weight is 520 g/mol. The van der Waals surface area contributed by atoms with Crippen molar-refractivity contribution < 1.29 is 14.9 Å². The van der Waals surface area contributed by atoms with Gasteiger partial charge in [0.15, 0.2) is 5.82 Å². The van der Waals surface area contributed by atoms with E-state index in [1.807, 2.05) is 13.0 Å². The first-order chi connectivity index (χ1) is 16.8. The highest BCUT2D eigenvalue weighted by Crippen LogP contribution is 2.47. The molecule has 10 heteroatoms. The predicted octanol–water partition coefficient (Wildman–Crippen LogP) is 3.63. The summed E-state index contributed by atoms with van der Waals surface area (Å²) in [5, 5.41) is 20.9. The van der Waals surface area contributed by atoms with Crippen molar-refractivity contribution in [3.05, 3.63) is 29.2 Å². The molecule has 35 heavy (non-hydrogen) atoms. The second kappa shape index (κ2) is 9.67. The molecule has 2 atom stereocenters. The molecule has 3 aliphatic heterocycles. The van der Waals surface area contributed by atoms with E-state index < -0.39 is 0 Å². The summed E-state index contributed by atoms with van der Waals surface area (Å²) >= 11 is 8.13. The number of hydrogen-bond donors (Lipinski definition) is 2. The molecule has 190 valence electrons. The maximum Gasteiger partial charge on any atom is 0.152 e. The smallest absolute Gasteiger partial charge is 0.152 e. The highest BCUT2D eigenvalue weighted by Gasteiger charge is 2.47. The van der Waals surface area contributed by atoms with Gasteiger partial charge in [-0.1, -0.05) is 37.2 Å². The van der Waals surface area contributed by atoms with Gasteiger partial charge in [-0.2, -0.15) is 0 Å². The number of ether oxygens (including phenoxy) is 1. The lowest BCUT2D eigenvalue weighted by molar-refractivity contribution is 0.0969. The molecule has 8 nitrogen and oxygen atoms in total. The number of aromatic nitrogens is 3. The van der Waals surface area contributed by atoms with E-state index in [9.17, 15) is 10.2 Å². The van der Waals surface area contributed by atoms with Crippen LogP contribution < -0.4 is 9.80 Å². The van der Waals surface area contributed by atoms with Crippen LogP contribution in [0.15, 0.2) is 28.4 Å². The van der Waals surface area contributed by atoms with Crippen LogP contribution in [0, 0.1) is 16.7 Å². The lowest BCUT2D eigenvalue weighted by atomic mass is 9.70. The van der Waals surface area contributed by atoms with Gasteiger partial charge < -0.3 is 24.7 Å². The van der Waals surface area contributed by atoms with Crippen LogP contribution in [0.2, 0.25) is 5.02 Å². The Balaban J connectivity index is 1.29. The van der Waals surface area contributed by atoms with E-state index in [4.69, 9.17) is 26.3 Å². The van der Waals surface area contributed by atoms with Crippen molar-refractivity contribution in [2.24, 2.45) is 16.7 Å². The number of anilines is 2. The van der Waals surface area contributed by atoms with E-state index in [0.717, 1.165) is 49.1 Å². The van der Waals surface area contributed by atoms with Crippen LogP contribution >= 0.6 is 23.4 Å². The third-order valence-corrected chi connectivity index (χ3v) is 9.64. The van der Waals surface area contributed by atoms with Gasteiger partial charge in [0.05, 0.1) is 37.1 Å². The first-order valence-electron chi connectivity index (χ1n) is 12.3. The van der Waals surface area contributed by atoms with Gasteiger partial charge in [-0.05, 0) is 31.7 Å². The van der Waals surface area contributed by atoms with E-state index in [1.54, 1.807) is 12.4 Å². The molecular formula is C25H34ClN5O3S. The van der Waals surface area contributed by atoms with Gasteiger partial charge in [-0.3, -0.25) is 0 Å². The molecule has 3 aliphatic rings. The summed E-state index contributed by atoms with van der Waals surface area (Å²) in [6.07, 6.45) is 5.93. The molecule has 5 heterocycles. The summed E-state index contributed by atoms with van der Waals surface area (Å²) < 4.78 is 5.96. The Labute approximate surface area is 216 Å². The second-order valence-corrected chi connectivity index (χ2v) is 12.1. The Kier molecular flexibility index (Phi) is 6.91. The molecule has 0 bridgehead atoms. The normalized spacial score (nSPS) is 25.2. The summed E-state index contributed by atoms with van der Waals surface area (Å²) in [6.45, 7) is 10.5. The topological polar surface area (TPSA) is 94.8 Å². The number of aliphatic hydroxyl groups excluding tert-OH is 2. The van der Waals surface area contributed by atoms with Crippen LogP contribution in [0.3, 0.4) is 0 Å². The van der Waals surface area contributed by atoms with Crippen LogP contribution in [0.25, 0.3) is 0 Å². The molecule has 0 unspecified atom stereocenters. The predicted molar refractivity (Wildman–Crippen MR) is 137 cm³/mol. The molecule has 2 N–H and O–H groups in total. The molecule has 5 rings (SSSR count). The van der Waals surface area contributed by atoms with Gasteiger partial charge in [-0.15, -0.1) is 0 Å². The Morgan fingerprint density at radius 3 is 2.51 bits per heavy atom. The molecular weight excluding hydrogens is 486 g/mol. The molecule has 0 saturated carbocycles. The quantitative estimate of drug-likeness (QED) is 0.593. The highest BCUT2D eigenvalue weighted by molar-refractivity contribution is 7.99. The van der Waals surface area contributed by atoms with E-state index >= 15 is 0 Å². The van der Waals surface area contributed by atoms with Crippen LogP contribution in [-0.2, 0) is 11.3 Å². The molecule has 3 saturated heterocycles. The molecule has 1 spiro atoms. The van der Waals surface area contributed by atoms with Crippen molar-refractivity contribution >= 4 is 35.0 Å². The fourth-order valence-electron chi connectivity index (χ4n) is 5.61. The van der Waals surface area contributed by atoms with Gasteiger partial charge in [0.1, 0.15) is 16.5 Å². The van der Waals surface area contributed by atoms with E-state index in [0.29, 0.717) is 40.9 Å². The number of rotatable bonds is 6. The summed E-state index contributed by atoms with van der Waals surface area (Å²) in [5.41, 5.74) is 0.724. The summed E-state index contributed by atoms with van der Waals surface area (Å²) in [4.78, 5) is 19.1. The lowest BCUT2D eigenvalue weighted by Gasteiger charge is -2.48. The average Bonchev–Trinajstić information content (AvgIpc) is 3.12. The standard InChI is InChI=1S/C25H34ClN5O3S/c1-16-17(2)34-15-25(16)5-8-30(9-6-25)22-18(11-32)29-20(10-28-22)35-19-4-7-27-23(21(19)26)31-12-24(3,13-31)14-33/h4,7,10,16-17,32-33H,5-6,8-9,11-15H2,1-3H3/t16-,17+/m1/s1. The van der Waals surface area contributed by atoms with Gasteiger partial charge in [0.2, 0.25) is 0 Å². The lowest BCUT2D eigenvalue weighted by Crippen LogP contribution is -2.57. The van der Waals surface area contributed by atoms with Crippen LogP contribution in [-0.4, -0.2) is 70.7 Å². The largest absolute Gasteiger partial charge is 0.396 e. The van der Waals surface area contributed by atoms with Crippen LogP contribution in [0.5, 0.6) is 0 Å². The van der Waals surface area contributed by atoms with Crippen molar-refractivity contribution in [3.63, 3.8) is 0 Å². The van der Waals surface area contributed by atoms with Crippen LogP contribution in [0.1, 0.15) is 39.3 Å².